The number of hydrogen-bond donors (Lipinski definition) is 0. The highest BCUT2D eigenvalue weighted by molar-refractivity contribution is 7.87. The molecule has 2 aromatic carbocycles. The number of carbonyl (C=O) groups is 1. The van der Waals surface area contributed by atoms with E-state index in [1.165, 1.54) is 23.3 Å². The van der Waals surface area contributed by atoms with Crippen molar-refractivity contribution in [2.45, 2.75) is 58.5 Å². The van der Waals surface area contributed by atoms with Crippen LogP contribution in [0.1, 0.15) is 64.9 Å². The van der Waals surface area contributed by atoms with Gasteiger partial charge >= 0.3 is 16.1 Å². The zero-order chi connectivity index (χ0) is 23.2. The largest absolute Gasteiger partial charge is 0.457 e. The second-order valence-corrected chi connectivity index (χ2v) is 10.3. The predicted molar refractivity (Wildman–Crippen MR) is 124 cm³/mol. The van der Waals surface area contributed by atoms with Crippen molar-refractivity contribution >= 4 is 22.2 Å². The smallest absolute Gasteiger partial charge is 0.342 e. The van der Waals surface area contributed by atoms with E-state index in [4.69, 9.17) is 8.92 Å². The van der Waals surface area contributed by atoms with Crippen LogP contribution in [0.25, 0.3) is 6.08 Å². The van der Waals surface area contributed by atoms with Crippen LogP contribution < -0.4 is 4.18 Å². The van der Waals surface area contributed by atoms with Crippen molar-refractivity contribution in [1.29, 1.82) is 0 Å². The lowest BCUT2D eigenvalue weighted by atomic mass is 9.88. The van der Waals surface area contributed by atoms with Crippen molar-refractivity contribution < 1.29 is 22.1 Å². The van der Waals surface area contributed by atoms with Gasteiger partial charge in [-0.1, -0.05) is 48.4 Å². The Balaban J connectivity index is 1.92. The molecule has 0 aromatic heterocycles. The molecule has 168 valence electrons. The van der Waals surface area contributed by atoms with E-state index < -0.39 is 16.1 Å². The molecule has 0 N–H and O–H groups in total. The molecule has 0 amide bonds. The van der Waals surface area contributed by atoms with Crippen LogP contribution in [0.15, 0.2) is 46.9 Å². The van der Waals surface area contributed by atoms with E-state index in [1.807, 2.05) is 13.8 Å². The maximum atomic E-state index is 13.2. The average Bonchev–Trinajstić information content (AvgIpc) is 3.29. The van der Waals surface area contributed by atoms with Crippen molar-refractivity contribution in [2.75, 3.05) is 0 Å². The molecule has 0 saturated carbocycles. The van der Waals surface area contributed by atoms with Crippen molar-refractivity contribution in [2.24, 2.45) is 5.92 Å². The summed E-state index contributed by atoms with van der Waals surface area (Å²) in [6, 6.07) is 6.45. The summed E-state index contributed by atoms with van der Waals surface area (Å²) in [6.07, 6.45) is 4.23. The Morgan fingerprint density at radius 2 is 1.88 bits per heavy atom. The molecule has 6 heteroatoms. The number of fused-ring (bicyclic) bond motifs is 1. The molecule has 1 aliphatic heterocycles. The Labute approximate surface area is 189 Å². The fourth-order valence-electron chi connectivity index (χ4n) is 4.59. The van der Waals surface area contributed by atoms with Gasteiger partial charge in [-0.2, -0.15) is 8.42 Å². The molecule has 0 saturated heterocycles. The molecule has 1 heterocycles. The molecule has 0 fully saturated rings. The Kier molecular flexibility index (Phi) is 5.76. The van der Waals surface area contributed by atoms with Crippen molar-refractivity contribution in [3.05, 3.63) is 75.4 Å². The molecule has 0 spiro atoms. The number of aryl methyl sites for hydroxylation is 1. The van der Waals surface area contributed by atoms with E-state index in [-0.39, 0.29) is 22.8 Å². The summed E-state index contributed by atoms with van der Waals surface area (Å²) in [6.45, 7) is 12.2. The zero-order valence-corrected chi connectivity index (χ0v) is 19.8. The number of ether oxygens (including phenoxy) is 1. The van der Waals surface area contributed by atoms with Crippen molar-refractivity contribution in [1.82, 2.24) is 0 Å². The van der Waals surface area contributed by atoms with Gasteiger partial charge in [0.1, 0.15) is 17.1 Å². The van der Waals surface area contributed by atoms with Gasteiger partial charge in [0.15, 0.2) is 5.75 Å². The van der Waals surface area contributed by atoms with Crippen LogP contribution in [0.5, 0.6) is 5.75 Å². The minimum atomic E-state index is -4.15. The molecule has 32 heavy (non-hydrogen) atoms. The van der Waals surface area contributed by atoms with Crippen LogP contribution in [0, 0.1) is 19.8 Å². The summed E-state index contributed by atoms with van der Waals surface area (Å²) in [4.78, 5) is 12.7. The first kappa shape index (κ1) is 22.3. The Bertz CT molecular complexity index is 1250. The van der Waals surface area contributed by atoms with Gasteiger partial charge in [0.05, 0.1) is 0 Å². The molecule has 2 aromatic rings. The second-order valence-electron chi connectivity index (χ2n) is 8.73. The second kappa shape index (κ2) is 8.24. The molecular weight excluding hydrogens is 424 g/mol. The fraction of sp³-hybridized carbons (Fsp3) is 0.346. The Hall–Kier alpha value is -2.86. The summed E-state index contributed by atoms with van der Waals surface area (Å²) in [5.74, 6) is 0.00122. The SMILES string of the molecule is C=Cc1c(C)c2c(c(OS(=O)(=O)c3ccc(C)cc3)c1CC1=C(C)C(C)CC1)C(=O)OC2. The average molecular weight is 453 g/mol. The van der Waals surface area contributed by atoms with Crippen molar-refractivity contribution in [3.8, 4) is 5.75 Å². The van der Waals surface area contributed by atoms with Crippen LogP contribution in [-0.2, 0) is 27.9 Å². The van der Waals surface area contributed by atoms with Gasteiger partial charge in [-0.05, 0) is 69.2 Å². The summed E-state index contributed by atoms with van der Waals surface area (Å²) in [5, 5.41) is 0. The number of rotatable bonds is 6. The molecule has 1 unspecified atom stereocenters. The van der Waals surface area contributed by atoms with Crippen LogP contribution in [0.3, 0.4) is 0 Å². The Morgan fingerprint density at radius 3 is 2.47 bits per heavy atom. The quantitative estimate of drug-likeness (QED) is 0.321. The molecule has 5 nitrogen and oxygen atoms in total. The van der Waals surface area contributed by atoms with Gasteiger partial charge in [0.2, 0.25) is 0 Å². The lowest BCUT2D eigenvalue weighted by molar-refractivity contribution is 0.0533. The zero-order valence-electron chi connectivity index (χ0n) is 18.9. The van der Waals surface area contributed by atoms with Crippen LogP contribution in [0.2, 0.25) is 0 Å². The fourth-order valence-corrected chi connectivity index (χ4v) is 5.56. The third kappa shape index (κ3) is 3.77. The maximum absolute atomic E-state index is 13.2. The van der Waals surface area contributed by atoms with E-state index in [2.05, 4.69) is 20.4 Å². The molecule has 0 radical (unpaired) electrons. The summed E-state index contributed by atoms with van der Waals surface area (Å²) in [5.41, 5.74) is 6.73. The first-order valence-corrected chi connectivity index (χ1v) is 12.2. The van der Waals surface area contributed by atoms with Crippen LogP contribution in [-0.4, -0.2) is 14.4 Å². The van der Waals surface area contributed by atoms with Gasteiger partial charge in [0.25, 0.3) is 0 Å². The predicted octanol–water partition coefficient (Wildman–Crippen LogP) is 5.67. The van der Waals surface area contributed by atoms with E-state index >= 15 is 0 Å². The first-order valence-electron chi connectivity index (χ1n) is 10.8. The maximum Gasteiger partial charge on any atom is 0.342 e. The monoisotopic (exact) mass is 452 g/mol. The number of allylic oxidation sites excluding steroid dienone is 2. The van der Waals surface area contributed by atoms with Gasteiger partial charge in [-0.25, -0.2) is 4.79 Å². The number of cyclic esters (lactones) is 1. The van der Waals surface area contributed by atoms with Crippen LogP contribution in [0.4, 0.5) is 0 Å². The van der Waals surface area contributed by atoms with E-state index in [0.717, 1.165) is 29.5 Å². The molecule has 2 aliphatic rings. The number of esters is 1. The summed E-state index contributed by atoms with van der Waals surface area (Å²) in [7, 11) is -4.15. The molecule has 1 aliphatic carbocycles. The van der Waals surface area contributed by atoms with E-state index in [0.29, 0.717) is 23.5 Å². The van der Waals surface area contributed by atoms with Crippen LogP contribution >= 0.6 is 0 Å². The third-order valence-corrected chi connectivity index (χ3v) is 8.05. The van der Waals surface area contributed by atoms with Gasteiger partial charge in [-0.3, -0.25) is 0 Å². The minimum absolute atomic E-state index is 0.0415. The number of hydrogen-bond acceptors (Lipinski definition) is 5. The minimum Gasteiger partial charge on any atom is -0.457 e. The summed E-state index contributed by atoms with van der Waals surface area (Å²) >= 11 is 0. The topological polar surface area (TPSA) is 69.7 Å². The Morgan fingerprint density at radius 1 is 1.19 bits per heavy atom. The van der Waals surface area contributed by atoms with Gasteiger partial charge in [-0.15, -0.1) is 0 Å². The first-order chi connectivity index (χ1) is 15.1. The highest BCUT2D eigenvalue weighted by Gasteiger charge is 2.35. The number of benzene rings is 2. The van der Waals surface area contributed by atoms with E-state index in [1.54, 1.807) is 18.2 Å². The molecule has 1 atom stereocenters. The summed E-state index contributed by atoms with van der Waals surface area (Å²) < 4.78 is 37.4. The van der Waals surface area contributed by atoms with Crippen molar-refractivity contribution in [3.63, 3.8) is 0 Å². The van der Waals surface area contributed by atoms with Gasteiger partial charge in [0, 0.05) is 11.1 Å². The standard InChI is InChI=1S/C26H28O5S/c1-6-21-18(5)23-14-30-26(27)24(23)25(22(21)13-19-10-9-16(3)17(19)4)31-32(28,29)20-11-7-15(2)8-12-20/h6-8,11-12,16H,1,9-10,13-14H2,2-5H3. The lowest BCUT2D eigenvalue weighted by Crippen LogP contribution is -2.15. The molecule has 0 bridgehead atoms. The van der Waals surface area contributed by atoms with Gasteiger partial charge < -0.3 is 8.92 Å². The highest BCUT2D eigenvalue weighted by atomic mass is 32.2. The lowest BCUT2D eigenvalue weighted by Gasteiger charge is -2.20. The highest BCUT2D eigenvalue weighted by Crippen LogP contribution is 2.43. The normalized spacial score (nSPS) is 18.0. The molecular formula is C26H28O5S. The van der Waals surface area contributed by atoms with E-state index in [9.17, 15) is 13.2 Å². The third-order valence-electron chi connectivity index (χ3n) is 6.81. The molecule has 4 rings (SSSR count). The number of carbonyl (C=O) groups excluding carboxylic acids is 1.